The van der Waals surface area contributed by atoms with Gasteiger partial charge in [-0.2, -0.15) is 4.31 Å². The number of hydrogen-bond donors (Lipinski definition) is 1. The lowest BCUT2D eigenvalue weighted by molar-refractivity contribution is -0.119. The van der Waals surface area contributed by atoms with Gasteiger partial charge in [-0.05, 0) is 41.8 Å². The normalized spacial score (nSPS) is 16.8. The zero-order valence-corrected chi connectivity index (χ0v) is 19.2. The van der Waals surface area contributed by atoms with E-state index in [1.807, 2.05) is 24.3 Å². The van der Waals surface area contributed by atoms with Gasteiger partial charge < -0.3 is 14.8 Å². The summed E-state index contributed by atoms with van der Waals surface area (Å²) >= 11 is 6.19. The Morgan fingerprint density at radius 3 is 2.47 bits per heavy atom. The van der Waals surface area contributed by atoms with Crippen molar-refractivity contribution in [2.45, 2.75) is 23.8 Å². The Labute approximate surface area is 191 Å². The highest BCUT2D eigenvalue weighted by Gasteiger charge is 2.39. The van der Waals surface area contributed by atoms with Crippen LogP contribution < -0.4 is 14.8 Å². The van der Waals surface area contributed by atoms with Crippen LogP contribution >= 0.6 is 11.6 Å². The van der Waals surface area contributed by atoms with Crippen molar-refractivity contribution >= 4 is 44.0 Å². The first-order valence-electron chi connectivity index (χ1n) is 10.1. The summed E-state index contributed by atoms with van der Waals surface area (Å²) < 4.78 is 38.5. The number of rotatable bonds is 6. The number of halogens is 1. The summed E-state index contributed by atoms with van der Waals surface area (Å²) in [6, 6.07) is 14.8. The average Bonchev–Trinajstić information content (AvgIpc) is 3.30. The first-order valence-corrected chi connectivity index (χ1v) is 11.9. The topological polar surface area (TPSA) is 84.9 Å². The third-order valence-electron chi connectivity index (χ3n) is 5.57. The van der Waals surface area contributed by atoms with E-state index in [0.29, 0.717) is 35.1 Å². The van der Waals surface area contributed by atoms with Gasteiger partial charge in [0.05, 0.1) is 29.8 Å². The van der Waals surface area contributed by atoms with Gasteiger partial charge in [0.25, 0.3) is 0 Å². The van der Waals surface area contributed by atoms with Crippen molar-refractivity contribution in [3.8, 4) is 11.5 Å². The lowest BCUT2D eigenvalue weighted by atomic mass is 10.1. The summed E-state index contributed by atoms with van der Waals surface area (Å²) in [4.78, 5) is 13.3. The second kappa shape index (κ2) is 8.97. The molecule has 1 fully saturated rings. The number of benzene rings is 3. The van der Waals surface area contributed by atoms with Gasteiger partial charge in [0.15, 0.2) is 0 Å². The van der Waals surface area contributed by atoms with Crippen LogP contribution in [-0.2, 0) is 14.8 Å². The molecule has 1 N–H and O–H groups in total. The maximum Gasteiger partial charge on any atom is 0.243 e. The number of sulfonamides is 1. The molecule has 0 aromatic heterocycles. The van der Waals surface area contributed by atoms with Crippen LogP contribution in [-0.4, -0.2) is 45.4 Å². The van der Waals surface area contributed by atoms with Crippen molar-refractivity contribution in [1.29, 1.82) is 0 Å². The molecule has 0 radical (unpaired) electrons. The molecule has 1 amide bonds. The van der Waals surface area contributed by atoms with Gasteiger partial charge in [0, 0.05) is 12.6 Å². The number of hydrogen-bond acceptors (Lipinski definition) is 5. The predicted molar refractivity (Wildman–Crippen MR) is 124 cm³/mol. The van der Waals surface area contributed by atoms with Crippen molar-refractivity contribution in [1.82, 2.24) is 4.31 Å². The monoisotopic (exact) mass is 474 g/mol. The molecule has 0 spiro atoms. The Hall–Kier alpha value is -2.81. The minimum Gasteiger partial charge on any atom is -0.495 e. The molecule has 1 heterocycles. The fraction of sp³-hybridized carbons (Fsp3) is 0.261. The summed E-state index contributed by atoms with van der Waals surface area (Å²) in [5, 5.41) is 4.85. The lowest BCUT2D eigenvalue weighted by Gasteiger charge is -2.24. The summed E-state index contributed by atoms with van der Waals surface area (Å²) in [5.41, 5.74) is 0.346. The largest absolute Gasteiger partial charge is 0.495 e. The summed E-state index contributed by atoms with van der Waals surface area (Å²) in [6.07, 6.45) is 1.01. The van der Waals surface area contributed by atoms with E-state index < -0.39 is 22.0 Å². The Morgan fingerprint density at radius 2 is 1.75 bits per heavy atom. The van der Waals surface area contributed by atoms with E-state index in [2.05, 4.69) is 5.32 Å². The predicted octanol–water partition coefficient (Wildman–Crippen LogP) is 4.30. The summed E-state index contributed by atoms with van der Waals surface area (Å²) in [5.74, 6) is 0.329. The maximum absolute atomic E-state index is 13.4. The SMILES string of the molecule is COc1cc(OC)c(NC(=O)[C@H]2CCCN2S(=O)(=O)c2ccc3ccccc3c2)cc1Cl. The minimum absolute atomic E-state index is 0.168. The van der Waals surface area contributed by atoms with Crippen LogP contribution in [0.4, 0.5) is 5.69 Å². The van der Waals surface area contributed by atoms with Gasteiger partial charge in [0.1, 0.15) is 17.5 Å². The summed E-state index contributed by atoms with van der Waals surface area (Å²) in [7, 11) is -0.914. The van der Waals surface area contributed by atoms with Crippen LogP contribution in [0.15, 0.2) is 59.5 Å². The number of anilines is 1. The molecule has 1 aliphatic rings. The molecule has 1 atom stereocenters. The third kappa shape index (κ3) is 4.13. The molecular formula is C23H23ClN2O5S. The first-order chi connectivity index (χ1) is 15.3. The van der Waals surface area contributed by atoms with Crippen LogP contribution in [0.3, 0.4) is 0 Å². The number of carbonyl (C=O) groups excluding carboxylic acids is 1. The van der Waals surface area contributed by atoms with E-state index in [-0.39, 0.29) is 11.4 Å². The van der Waals surface area contributed by atoms with Gasteiger partial charge in [-0.3, -0.25) is 4.79 Å². The van der Waals surface area contributed by atoms with Crippen molar-refractivity contribution in [2.24, 2.45) is 0 Å². The third-order valence-corrected chi connectivity index (χ3v) is 7.77. The van der Waals surface area contributed by atoms with Crippen LogP contribution in [0.5, 0.6) is 11.5 Å². The Balaban J connectivity index is 1.61. The Kier molecular flexibility index (Phi) is 6.28. The van der Waals surface area contributed by atoms with Gasteiger partial charge in [-0.1, -0.05) is 41.9 Å². The zero-order valence-electron chi connectivity index (χ0n) is 17.7. The standard InChI is InChI=1S/C23H23ClN2O5S/c1-30-21-14-22(31-2)19(13-18(21)24)25-23(27)20-8-5-11-26(20)32(28,29)17-10-9-15-6-3-4-7-16(15)12-17/h3-4,6-7,9-10,12-14,20H,5,8,11H2,1-2H3,(H,25,27)/t20-/m1/s1. The molecule has 3 aromatic rings. The number of nitrogens with one attached hydrogen (secondary N) is 1. The number of methoxy groups -OCH3 is 2. The molecular weight excluding hydrogens is 452 g/mol. The highest BCUT2D eigenvalue weighted by atomic mass is 35.5. The lowest BCUT2D eigenvalue weighted by Crippen LogP contribution is -2.43. The molecule has 3 aromatic carbocycles. The molecule has 0 aliphatic carbocycles. The van der Waals surface area contributed by atoms with E-state index >= 15 is 0 Å². The molecule has 1 aliphatic heterocycles. The number of carbonyl (C=O) groups is 1. The van der Waals surface area contributed by atoms with Gasteiger partial charge >= 0.3 is 0 Å². The quantitative estimate of drug-likeness (QED) is 0.575. The van der Waals surface area contributed by atoms with Crippen molar-refractivity contribution in [2.75, 3.05) is 26.1 Å². The van der Waals surface area contributed by atoms with E-state index in [1.54, 1.807) is 24.3 Å². The fourth-order valence-corrected chi connectivity index (χ4v) is 5.86. The second-order valence-corrected chi connectivity index (χ2v) is 9.76. The van der Waals surface area contributed by atoms with Crippen molar-refractivity contribution in [3.05, 3.63) is 59.6 Å². The molecule has 1 saturated heterocycles. The number of amides is 1. The summed E-state index contributed by atoms with van der Waals surface area (Å²) in [6.45, 7) is 0.272. The maximum atomic E-state index is 13.4. The number of nitrogens with zero attached hydrogens (tertiary/aromatic N) is 1. The molecule has 4 rings (SSSR count). The molecule has 0 saturated carbocycles. The highest BCUT2D eigenvalue weighted by molar-refractivity contribution is 7.89. The molecule has 0 bridgehead atoms. The van der Waals surface area contributed by atoms with E-state index in [9.17, 15) is 13.2 Å². The molecule has 7 nitrogen and oxygen atoms in total. The molecule has 9 heteroatoms. The van der Waals surface area contributed by atoms with Crippen molar-refractivity contribution < 1.29 is 22.7 Å². The van der Waals surface area contributed by atoms with Gasteiger partial charge in [-0.15, -0.1) is 0 Å². The Bertz CT molecular complexity index is 1280. The van der Waals surface area contributed by atoms with E-state index in [0.717, 1.165) is 10.8 Å². The van der Waals surface area contributed by atoms with Gasteiger partial charge in [-0.25, -0.2) is 8.42 Å². The Morgan fingerprint density at radius 1 is 1.03 bits per heavy atom. The van der Waals surface area contributed by atoms with Crippen LogP contribution in [0.1, 0.15) is 12.8 Å². The fourth-order valence-electron chi connectivity index (χ4n) is 3.93. The molecule has 168 valence electrons. The smallest absolute Gasteiger partial charge is 0.243 e. The van der Waals surface area contributed by atoms with Crippen LogP contribution in [0, 0.1) is 0 Å². The first kappa shape index (κ1) is 22.4. The van der Waals surface area contributed by atoms with E-state index in [1.165, 1.54) is 24.6 Å². The zero-order chi connectivity index (χ0) is 22.9. The molecule has 32 heavy (non-hydrogen) atoms. The number of fused-ring (bicyclic) bond motifs is 1. The number of ether oxygens (including phenoxy) is 2. The molecule has 0 unspecified atom stereocenters. The second-order valence-electron chi connectivity index (χ2n) is 7.46. The van der Waals surface area contributed by atoms with E-state index in [4.69, 9.17) is 21.1 Å². The average molecular weight is 475 g/mol. The van der Waals surface area contributed by atoms with Crippen molar-refractivity contribution in [3.63, 3.8) is 0 Å². The van der Waals surface area contributed by atoms with Gasteiger partial charge in [0.2, 0.25) is 15.9 Å². The van der Waals surface area contributed by atoms with Crippen LogP contribution in [0.2, 0.25) is 5.02 Å². The van der Waals surface area contributed by atoms with Crippen LogP contribution in [0.25, 0.3) is 10.8 Å². The minimum atomic E-state index is -3.86. The highest BCUT2D eigenvalue weighted by Crippen LogP contribution is 2.37.